The summed E-state index contributed by atoms with van der Waals surface area (Å²) in [6, 6.07) is 12.9. The van der Waals surface area contributed by atoms with Gasteiger partial charge in [0.1, 0.15) is 12.3 Å². The van der Waals surface area contributed by atoms with Crippen molar-refractivity contribution in [2.24, 2.45) is 0 Å². The van der Waals surface area contributed by atoms with Crippen LogP contribution in [0.5, 0.6) is 5.75 Å². The molecule has 0 spiro atoms. The molecule has 0 fully saturated rings. The Morgan fingerprint density at radius 1 is 1.07 bits per heavy atom. The van der Waals surface area contributed by atoms with Crippen LogP contribution in [-0.4, -0.2) is 37.5 Å². The van der Waals surface area contributed by atoms with E-state index in [1.54, 1.807) is 24.3 Å². The molecule has 2 aromatic rings. The molecule has 29 heavy (non-hydrogen) atoms. The van der Waals surface area contributed by atoms with Crippen molar-refractivity contribution < 1.29 is 23.9 Å². The normalized spacial score (nSPS) is 15.0. The Bertz CT molecular complexity index is 956. The second-order valence-electron chi connectivity index (χ2n) is 7.09. The van der Waals surface area contributed by atoms with Crippen LogP contribution in [0.3, 0.4) is 0 Å². The fraction of sp³-hybridized carbons (Fsp3) is 0.318. The lowest BCUT2D eigenvalue weighted by atomic mass is 10.1. The lowest BCUT2D eigenvalue weighted by Crippen LogP contribution is -2.37. The summed E-state index contributed by atoms with van der Waals surface area (Å²) in [6.45, 7) is -0.425. The number of hydrogen-bond acceptors (Lipinski definition) is 5. The summed E-state index contributed by atoms with van der Waals surface area (Å²) < 4.78 is 10.6. The fourth-order valence-electron chi connectivity index (χ4n) is 3.66. The summed E-state index contributed by atoms with van der Waals surface area (Å²) in [5, 5.41) is 2.75. The Balaban J connectivity index is 1.33. The van der Waals surface area contributed by atoms with E-state index in [9.17, 15) is 14.4 Å². The van der Waals surface area contributed by atoms with Gasteiger partial charge in [-0.3, -0.25) is 19.3 Å². The number of fused-ring (bicyclic) bond motifs is 2. The van der Waals surface area contributed by atoms with E-state index in [0.29, 0.717) is 17.1 Å². The molecule has 2 amide bonds. The fourth-order valence-corrected chi connectivity index (χ4v) is 3.66. The SMILES string of the molecule is O=C(COC(=O)CN1C(=O)CCOc2ccccc21)Nc1ccc2c(c1)CCC2. The van der Waals surface area contributed by atoms with Gasteiger partial charge in [-0.15, -0.1) is 0 Å². The lowest BCUT2D eigenvalue weighted by Gasteiger charge is -2.20. The first kappa shape index (κ1) is 19.0. The summed E-state index contributed by atoms with van der Waals surface area (Å²) >= 11 is 0. The Hall–Kier alpha value is -3.35. The van der Waals surface area contributed by atoms with Crippen LogP contribution in [-0.2, 0) is 32.0 Å². The van der Waals surface area contributed by atoms with Crippen LogP contribution in [0, 0.1) is 0 Å². The van der Waals surface area contributed by atoms with E-state index in [-0.39, 0.29) is 25.5 Å². The quantitative estimate of drug-likeness (QED) is 0.788. The van der Waals surface area contributed by atoms with Crippen LogP contribution in [0.25, 0.3) is 0 Å². The van der Waals surface area contributed by atoms with Crippen molar-refractivity contribution in [2.75, 3.05) is 30.0 Å². The highest BCUT2D eigenvalue weighted by molar-refractivity contribution is 6.00. The first-order valence-corrected chi connectivity index (χ1v) is 9.69. The average Bonchev–Trinajstić information content (AvgIpc) is 3.12. The van der Waals surface area contributed by atoms with Crippen molar-refractivity contribution >= 4 is 29.2 Å². The second-order valence-corrected chi connectivity index (χ2v) is 7.09. The smallest absolute Gasteiger partial charge is 0.326 e. The predicted octanol–water partition coefficient (Wildman–Crippen LogP) is 2.47. The van der Waals surface area contributed by atoms with Crippen molar-refractivity contribution in [3.8, 4) is 5.75 Å². The highest BCUT2D eigenvalue weighted by atomic mass is 16.5. The predicted molar refractivity (Wildman–Crippen MR) is 107 cm³/mol. The number of aryl methyl sites for hydroxylation is 2. The molecule has 1 N–H and O–H groups in total. The molecule has 2 aliphatic rings. The number of nitrogens with one attached hydrogen (secondary N) is 1. The highest BCUT2D eigenvalue weighted by Gasteiger charge is 2.25. The van der Waals surface area contributed by atoms with Gasteiger partial charge in [0.25, 0.3) is 5.91 Å². The number of hydrogen-bond donors (Lipinski definition) is 1. The van der Waals surface area contributed by atoms with E-state index in [1.165, 1.54) is 16.0 Å². The molecule has 0 saturated carbocycles. The van der Waals surface area contributed by atoms with Crippen LogP contribution in [0.4, 0.5) is 11.4 Å². The maximum Gasteiger partial charge on any atom is 0.326 e. The minimum Gasteiger partial charge on any atom is -0.491 e. The first-order valence-electron chi connectivity index (χ1n) is 9.69. The van der Waals surface area contributed by atoms with E-state index in [4.69, 9.17) is 9.47 Å². The maximum absolute atomic E-state index is 12.3. The average molecular weight is 394 g/mol. The number of carbonyl (C=O) groups is 3. The summed E-state index contributed by atoms with van der Waals surface area (Å²) in [5.74, 6) is -0.753. The maximum atomic E-state index is 12.3. The summed E-state index contributed by atoms with van der Waals surface area (Å²) in [5.41, 5.74) is 3.79. The van der Waals surface area contributed by atoms with Gasteiger partial charge in [0.2, 0.25) is 5.91 Å². The molecule has 150 valence electrons. The number of para-hydroxylation sites is 2. The standard InChI is InChI=1S/C22H22N2O5/c25-20(23-17-9-8-15-4-3-5-16(15)12-17)14-29-22(27)13-24-18-6-1-2-7-19(18)28-11-10-21(24)26/h1-2,6-9,12H,3-5,10-11,13-14H2,(H,23,25). The molecule has 0 aromatic heterocycles. The van der Waals surface area contributed by atoms with Gasteiger partial charge in [-0.1, -0.05) is 18.2 Å². The number of benzene rings is 2. The Morgan fingerprint density at radius 3 is 2.79 bits per heavy atom. The molecule has 7 nitrogen and oxygen atoms in total. The van der Waals surface area contributed by atoms with Gasteiger partial charge < -0.3 is 14.8 Å². The third-order valence-electron chi connectivity index (χ3n) is 5.06. The summed E-state index contributed by atoms with van der Waals surface area (Å²) in [7, 11) is 0. The molecule has 2 aromatic carbocycles. The second kappa shape index (κ2) is 8.34. The van der Waals surface area contributed by atoms with Crippen molar-refractivity contribution in [2.45, 2.75) is 25.7 Å². The Kier molecular flexibility index (Phi) is 5.46. The zero-order chi connectivity index (χ0) is 20.2. The molecule has 0 saturated heterocycles. The molecule has 1 heterocycles. The number of rotatable bonds is 5. The zero-order valence-corrected chi connectivity index (χ0v) is 16.0. The van der Waals surface area contributed by atoms with E-state index >= 15 is 0 Å². The molecule has 0 bridgehead atoms. The lowest BCUT2D eigenvalue weighted by molar-refractivity contribution is -0.146. The van der Waals surface area contributed by atoms with Gasteiger partial charge in [-0.05, 0) is 54.7 Å². The van der Waals surface area contributed by atoms with Crippen LogP contribution < -0.4 is 15.0 Å². The largest absolute Gasteiger partial charge is 0.491 e. The molecular weight excluding hydrogens is 372 g/mol. The van der Waals surface area contributed by atoms with Crippen molar-refractivity contribution in [1.82, 2.24) is 0 Å². The zero-order valence-electron chi connectivity index (χ0n) is 16.0. The number of nitrogens with zero attached hydrogens (tertiary/aromatic N) is 1. The van der Waals surface area contributed by atoms with Gasteiger partial charge in [-0.2, -0.15) is 0 Å². The number of esters is 1. The summed E-state index contributed by atoms with van der Waals surface area (Å²) in [4.78, 5) is 38.1. The van der Waals surface area contributed by atoms with Crippen molar-refractivity contribution in [3.63, 3.8) is 0 Å². The molecule has 4 rings (SSSR count). The van der Waals surface area contributed by atoms with Gasteiger partial charge in [0.15, 0.2) is 6.61 Å². The molecule has 7 heteroatoms. The number of amides is 2. The topological polar surface area (TPSA) is 84.9 Å². The van der Waals surface area contributed by atoms with Crippen LogP contribution >= 0.6 is 0 Å². The van der Waals surface area contributed by atoms with Crippen LogP contribution in [0.2, 0.25) is 0 Å². The van der Waals surface area contributed by atoms with Gasteiger partial charge in [0, 0.05) is 5.69 Å². The van der Waals surface area contributed by atoms with E-state index in [0.717, 1.165) is 19.3 Å². The van der Waals surface area contributed by atoms with E-state index < -0.39 is 18.5 Å². The number of ether oxygens (including phenoxy) is 2. The minimum atomic E-state index is -0.654. The third-order valence-corrected chi connectivity index (χ3v) is 5.06. The Morgan fingerprint density at radius 2 is 1.90 bits per heavy atom. The highest BCUT2D eigenvalue weighted by Crippen LogP contribution is 2.30. The molecule has 1 aliphatic heterocycles. The third kappa shape index (κ3) is 4.39. The molecular formula is C22H22N2O5. The van der Waals surface area contributed by atoms with Gasteiger partial charge in [-0.25, -0.2) is 0 Å². The molecule has 0 radical (unpaired) electrons. The number of anilines is 2. The van der Waals surface area contributed by atoms with Crippen LogP contribution in [0.1, 0.15) is 24.0 Å². The molecule has 0 atom stereocenters. The van der Waals surface area contributed by atoms with Crippen LogP contribution in [0.15, 0.2) is 42.5 Å². The van der Waals surface area contributed by atoms with Crippen molar-refractivity contribution in [1.29, 1.82) is 0 Å². The summed E-state index contributed by atoms with van der Waals surface area (Å²) in [6.07, 6.45) is 3.39. The Labute approximate surface area is 168 Å². The molecule has 1 aliphatic carbocycles. The molecule has 0 unspecified atom stereocenters. The first-order chi connectivity index (χ1) is 14.1. The number of carbonyl (C=O) groups excluding carboxylic acids is 3. The minimum absolute atomic E-state index is 0.167. The van der Waals surface area contributed by atoms with Gasteiger partial charge in [0.05, 0.1) is 18.7 Å². The van der Waals surface area contributed by atoms with E-state index in [2.05, 4.69) is 5.32 Å². The van der Waals surface area contributed by atoms with Crippen molar-refractivity contribution in [3.05, 3.63) is 53.6 Å². The van der Waals surface area contributed by atoms with E-state index in [1.807, 2.05) is 18.2 Å². The monoisotopic (exact) mass is 394 g/mol. The van der Waals surface area contributed by atoms with Gasteiger partial charge >= 0.3 is 5.97 Å².